The van der Waals surface area contributed by atoms with Crippen LogP contribution in [-0.2, 0) is 14.3 Å². The maximum atomic E-state index is 10.9. The van der Waals surface area contributed by atoms with Gasteiger partial charge >= 0.3 is 12.0 Å². The molecule has 0 heterocycles. The second-order valence-corrected chi connectivity index (χ2v) is 2.61. The molecule has 0 unspecified atom stereocenters. The zero-order valence-electron chi connectivity index (χ0n) is 8.62. The molecule has 0 aromatic carbocycles. The minimum atomic E-state index is -1.08. The van der Waals surface area contributed by atoms with Crippen LogP contribution in [0.5, 0.6) is 0 Å². The van der Waals surface area contributed by atoms with E-state index in [0.29, 0.717) is 26.4 Å². The molecule has 88 valence electrons. The predicted molar refractivity (Wildman–Crippen MR) is 51.7 cm³/mol. The Morgan fingerprint density at radius 3 is 2.53 bits per heavy atom. The normalized spacial score (nSPS) is 9.67. The van der Waals surface area contributed by atoms with Gasteiger partial charge in [0.25, 0.3) is 0 Å². The number of hydrogen-bond donors (Lipinski definition) is 3. The molecule has 0 saturated carbocycles. The molecule has 0 spiro atoms. The maximum Gasteiger partial charge on any atom is 0.323 e. The monoisotopic (exact) mass is 220 g/mol. The van der Waals surface area contributed by atoms with E-state index in [1.54, 1.807) is 7.11 Å². The highest BCUT2D eigenvalue weighted by molar-refractivity contribution is 5.79. The zero-order chi connectivity index (χ0) is 11.5. The second kappa shape index (κ2) is 9.22. The van der Waals surface area contributed by atoms with Crippen LogP contribution in [0.25, 0.3) is 0 Å². The van der Waals surface area contributed by atoms with E-state index in [0.717, 1.165) is 0 Å². The summed E-state index contributed by atoms with van der Waals surface area (Å²) in [5, 5.41) is 12.8. The summed E-state index contributed by atoms with van der Waals surface area (Å²) < 4.78 is 9.81. The van der Waals surface area contributed by atoms with Gasteiger partial charge in [0, 0.05) is 13.7 Å². The lowest BCUT2D eigenvalue weighted by molar-refractivity contribution is -0.135. The van der Waals surface area contributed by atoms with Crippen molar-refractivity contribution >= 4 is 12.0 Å². The number of carboxylic acid groups (broad SMARTS) is 1. The molecule has 0 aromatic rings. The number of ether oxygens (including phenoxy) is 2. The maximum absolute atomic E-state index is 10.9. The van der Waals surface area contributed by atoms with E-state index in [-0.39, 0.29) is 0 Å². The number of methoxy groups -OCH3 is 1. The van der Waals surface area contributed by atoms with E-state index >= 15 is 0 Å². The van der Waals surface area contributed by atoms with E-state index in [1.807, 2.05) is 0 Å². The Bertz CT molecular complexity index is 197. The first-order valence-corrected chi connectivity index (χ1v) is 4.47. The van der Waals surface area contributed by atoms with Crippen LogP contribution in [0.3, 0.4) is 0 Å². The van der Waals surface area contributed by atoms with Crippen molar-refractivity contribution < 1.29 is 24.2 Å². The van der Waals surface area contributed by atoms with Crippen LogP contribution >= 0.6 is 0 Å². The molecule has 7 nitrogen and oxygen atoms in total. The lowest BCUT2D eigenvalue weighted by Crippen LogP contribution is -2.39. The zero-order valence-corrected chi connectivity index (χ0v) is 8.62. The Labute approximate surface area is 87.7 Å². The molecule has 0 aliphatic heterocycles. The minimum absolute atomic E-state index is 0.329. The smallest absolute Gasteiger partial charge is 0.323 e. The number of carbonyl (C=O) groups excluding carboxylic acids is 1. The lowest BCUT2D eigenvalue weighted by Gasteiger charge is -2.06. The molecule has 0 aliphatic carbocycles. The number of carboxylic acids is 1. The summed E-state index contributed by atoms with van der Waals surface area (Å²) in [4.78, 5) is 20.9. The van der Waals surface area contributed by atoms with Crippen molar-refractivity contribution in [1.29, 1.82) is 0 Å². The van der Waals surface area contributed by atoms with Crippen LogP contribution in [0.15, 0.2) is 0 Å². The highest BCUT2D eigenvalue weighted by atomic mass is 16.5. The van der Waals surface area contributed by atoms with Crippen LogP contribution in [0, 0.1) is 0 Å². The highest BCUT2D eigenvalue weighted by Crippen LogP contribution is 1.75. The average Bonchev–Trinajstić information content (AvgIpc) is 2.20. The van der Waals surface area contributed by atoms with Gasteiger partial charge in [-0.1, -0.05) is 0 Å². The van der Waals surface area contributed by atoms with E-state index in [9.17, 15) is 9.59 Å². The van der Waals surface area contributed by atoms with E-state index < -0.39 is 18.5 Å². The molecule has 0 saturated heterocycles. The van der Waals surface area contributed by atoms with Crippen LogP contribution in [-0.4, -0.2) is 57.1 Å². The molecule has 0 aromatic heterocycles. The second-order valence-electron chi connectivity index (χ2n) is 2.61. The summed E-state index contributed by atoms with van der Waals surface area (Å²) in [5.41, 5.74) is 0. The fraction of sp³-hybridized carbons (Fsp3) is 0.750. The van der Waals surface area contributed by atoms with Gasteiger partial charge in [0.15, 0.2) is 0 Å². The minimum Gasteiger partial charge on any atom is -0.480 e. The fourth-order valence-corrected chi connectivity index (χ4v) is 0.699. The van der Waals surface area contributed by atoms with Crippen molar-refractivity contribution in [1.82, 2.24) is 10.6 Å². The molecule has 15 heavy (non-hydrogen) atoms. The third-order valence-electron chi connectivity index (χ3n) is 1.36. The lowest BCUT2D eigenvalue weighted by atomic mass is 10.6. The average molecular weight is 220 g/mol. The van der Waals surface area contributed by atoms with E-state index in [4.69, 9.17) is 14.6 Å². The summed E-state index contributed by atoms with van der Waals surface area (Å²) in [7, 11) is 1.57. The molecule has 0 aliphatic rings. The molecular weight excluding hydrogens is 204 g/mol. The summed E-state index contributed by atoms with van der Waals surface area (Å²) in [5.74, 6) is -1.08. The van der Waals surface area contributed by atoms with Crippen molar-refractivity contribution in [2.24, 2.45) is 0 Å². The summed E-state index contributed by atoms with van der Waals surface area (Å²) in [6.07, 6.45) is 0. The van der Waals surface area contributed by atoms with Gasteiger partial charge in [0.1, 0.15) is 6.54 Å². The first kappa shape index (κ1) is 13.7. The summed E-state index contributed by atoms with van der Waals surface area (Å²) in [6, 6.07) is -0.521. The predicted octanol–water partition coefficient (Wildman–Crippen LogP) is -0.967. The van der Waals surface area contributed by atoms with Gasteiger partial charge < -0.3 is 25.2 Å². The van der Waals surface area contributed by atoms with Crippen LogP contribution in [0.1, 0.15) is 0 Å². The molecule has 0 radical (unpaired) electrons. The van der Waals surface area contributed by atoms with Gasteiger partial charge in [0.2, 0.25) is 0 Å². The van der Waals surface area contributed by atoms with Crippen molar-refractivity contribution in [2.45, 2.75) is 0 Å². The van der Waals surface area contributed by atoms with Gasteiger partial charge in [-0.15, -0.1) is 0 Å². The van der Waals surface area contributed by atoms with Gasteiger partial charge in [-0.05, 0) is 0 Å². The number of hydrogen-bond acceptors (Lipinski definition) is 4. The first-order chi connectivity index (χ1) is 7.16. The number of nitrogens with one attached hydrogen (secondary N) is 2. The van der Waals surface area contributed by atoms with Gasteiger partial charge in [-0.2, -0.15) is 0 Å². The number of aliphatic carboxylic acids is 1. The SMILES string of the molecule is COCCOCCNC(=O)NCC(=O)O. The molecule has 2 amide bonds. The van der Waals surface area contributed by atoms with Crippen molar-refractivity contribution in [2.75, 3.05) is 40.0 Å². The van der Waals surface area contributed by atoms with Gasteiger partial charge in [-0.25, -0.2) is 4.79 Å². The Morgan fingerprint density at radius 2 is 1.93 bits per heavy atom. The van der Waals surface area contributed by atoms with Crippen molar-refractivity contribution in [3.63, 3.8) is 0 Å². The molecule has 0 fully saturated rings. The molecule has 3 N–H and O–H groups in total. The molecule has 0 rings (SSSR count). The molecule has 0 atom stereocenters. The number of carbonyl (C=O) groups is 2. The Morgan fingerprint density at radius 1 is 1.20 bits per heavy atom. The van der Waals surface area contributed by atoms with Gasteiger partial charge in [0.05, 0.1) is 19.8 Å². The number of amides is 2. The number of urea groups is 1. The molecule has 7 heteroatoms. The van der Waals surface area contributed by atoms with Crippen LogP contribution < -0.4 is 10.6 Å². The third kappa shape index (κ3) is 10.6. The van der Waals surface area contributed by atoms with E-state index in [1.165, 1.54) is 0 Å². The van der Waals surface area contributed by atoms with Crippen LogP contribution in [0.4, 0.5) is 4.79 Å². The molecule has 0 bridgehead atoms. The highest BCUT2D eigenvalue weighted by Gasteiger charge is 2.01. The first-order valence-electron chi connectivity index (χ1n) is 4.47. The fourth-order valence-electron chi connectivity index (χ4n) is 0.699. The van der Waals surface area contributed by atoms with E-state index in [2.05, 4.69) is 10.6 Å². The topological polar surface area (TPSA) is 96.9 Å². The Hall–Kier alpha value is -1.34. The largest absolute Gasteiger partial charge is 0.480 e. The van der Waals surface area contributed by atoms with Crippen LogP contribution in [0.2, 0.25) is 0 Å². The quantitative estimate of drug-likeness (QED) is 0.457. The van der Waals surface area contributed by atoms with Gasteiger partial charge in [-0.3, -0.25) is 4.79 Å². The number of rotatable bonds is 8. The van der Waals surface area contributed by atoms with Crippen molar-refractivity contribution in [3.05, 3.63) is 0 Å². The Kier molecular flexibility index (Phi) is 8.40. The van der Waals surface area contributed by atoms with Crippen molar-refractivity contribution in [3.8, 4) is 0 Å². The summed E-state index contributed by atoms with van der Waals surface area (Å²) in [6.45, 7) is 1.27. The summed E-state index contributed by atoms with van der Waals surface area (Å²) >= 11 is 0. The Balaban J connectivity index is 3.20. The molecular formula is C8H16N2O5. The third-order valence-corrected chi connectivity index (χ3v) is 1.36. The standard InChI is InChI=1S/C8H16N2O5/c1-14-4-5-15-3-2-9-8(13)10-6-7(11)12/h2-6H2,1H3,(H,11,12)(H2,9,10,13).